The van der Waals surface area contributed by atoms with E-state index >= 15 is 0 Å². The van der Waals surface area contributed by atoms with E-state index in [9.17, 15) is 4.79 Å². The molecular weight excluding hydrogens is 278 g/mol. The summed E-state index contributed by atoms with van der Waals surface area (Å²) in [6.45, 7) is 1.69. The highest BCUT2D eigenvalue weighted by atomic mass is 16.2. The van der Waals surface area contributed by atoms with Crippen LogP contribution in [0.4, 0.5) is 0 Å². The first kappa shape index (κ1) is 13.2. The topological polar surface area (TPSA) is 63.9 Å². The van der Waals surface area contributed by atoms with Crippen LogP contribution in [0.25, 0.3) is 5.69 Å². The largest absolute Gasteiger partial charge is 0.338 e. The van der Waals surface area contributed by atoms with E-state index in [-0.39, 0.29) is 5.91 Å². The van der Waals surface area contributed by atoms with Crippen LogP contribution in [0.5, 0.6) is 0 Å². The minimum absolute atomic E-state index is 0.0699. The average Bonchev–Trinajstić information content (AvgIpc) is 3.23. The van der Waals surface area contributed by atoms with Gasteiger partial charge in [0.05, 0.1) is 11.3 Å². The fourth-order valence-corrected chi connectivity index (χ4v) is 3.48. The van der Waals surface area contributed by atoms with Gasteiger partial charge in [-0.3, -0.25) is 4.79 Å². The number of rotatable bonds is 2. The molecular formula is C16H17N5O. The van der Waals surface area contributed by atoms with Gasteiger partial charge in [-0.25, -0.2) is 0 Å². The third-order valence-corrected chi connectivity index (χ3v) is 4.64. The molecule has 1 amide bonds. The number of carbonyl (C=O) groups is 1. The monoisotopic (exact) mass is 295 g/mol. The summed E-state index contributed by atoms with van der Waals surface area (Å²) >= 11 is 0. The van der Waals surface area contributed by atoms with Gasteiger partial charge in [0, 0.05) is 13.1 Å². The van der Waals surface area contributed by atoms with E-state index in [2.05, 4.69) is 27.7 Å². The first-order valence-electron chi connectivity index (χ1n) is 7.59. The third-order valence-electron chi connectivity index (χ3n) is 4.64. The van der Waals surface area contributed by atoms with Crippen molar-refractivity contribution >= 4 is 5.91 Å². The fourth-order valence-electron chi connectivity index (χ4n) is 3.48. The number of fused-ring (bicyclic) bond motifs is 1. The Morgan fingerprint density at radius 1 is 1.09 bits per heavy atom. The molecule has 6 heteroatoms. The number of hydrogen-bond donors (Lipinski definition) is 0. The zero-order valence-electron chi connectivity index (χ0n) is 12.2. The summed E-state index contributed by atoms with van der Waals surface area (Å²) in [7, 11) is 0. The van der Waals surface area contributed by atoms with E-state index in [1.165, 1.54) is 11.0 Å². The molecule has 1 aliphatic carbocycles. The van der Waals surface area contributed by atoms with Gasteiger partial charge in [0.2, 0.25) is 0 Å². The van der Waals surface area contributed by atoms with Crippen LogP contribution < -0.4 is 0 Å². The van der Waals surface area contributed by atoms with Crippen LogP contribution in [0.1, 0.15) is 23.2 Å². The standard InChI is InChI=1S/C16H17N5O/c22-16(20-9-12-5-1-2-6-13(12)10-20)14-7-3-4-8-15(14)21-11-17-18-19-21/h1-4,7-8,11-13H,5-6,9-10H2/t12-,13-/m1/s1. The van der Waals surface area contributed by atoms with E-state index in [1.807, 2.05) is 29.2 Å². The quantitative estimate of drug-likeness (QED) is 0.791. The number of carbonyl (C=O) groups excluding carboxylic acids is 1. The van der Waals surface area contributed by atoms with Crippen LogP contribution in [-0.4, -0.2) is 44.1 Å². The predicted molar refractivity (Wildman–Crippen MR) is 80.4 cm³/mol. The number of para-hydroxylation sites is 1. The molecule has 0 spiro atoms. The lowest BCUT2D eigenvalue weighted by Crippen LogP contribution is -2.30. The van der Waals surface area contributed by atoms with Gasteiger partial charge in [-0.2, -0.15) is 4.68 Å². The lowest BCUT2D eigenvalue weighted by atomic mass is 9.86. The smallest absolute Gasteiger partial charge is 0.256 e. The Labute approximate surface area is 128 Å². The van der Waals surface area contributed by atoms with Crippen molar-refractivity contribution in [1.29, 1.82) is 0 Å². The molecule has 1 saturated heterocycles. The molecule has 112 valence electrons. The zero-order chi connectivity index (χ0) is 14.9. The Hall–Kier alpha value is -2.50. The summed E-state index contributed by atoms with van der Waals surface area (Å²) in [5.41, 5.74) is 1.38. The van der Waals surface area contributed by atoms with Crippen molar-refractivity contribution in [2.75, 3.05) is 13.1 Å². The number of aromatic nitrogens is 4. The van der Waals surface area contributed by atoms with E-state index in [0.29, 0.717) is 17.4 Å². The Balaban J connectivity index is 1.62. The molecule has 0 radical (unpaired) electrons. The number of nitrogens with zero attached hydrogens (tertiary/aromatic N) is 5. The average molecular weight is 295 g/mol. The molecule has 2 heterocycles. The Morgan fingerprint density at radius 3 is 2.50 bits per heavy atom. The fraction of sp³-hybridized carbons (Fsp3) is 0.375. The van der Waals surface area contributed by atoms with Crippen molar-refractivity contribution in [1.82, 2.24) is 25.1 Å². The molecule has 1 fully saturated rings. The summed E-state index contributed by atoms with van der Waals surface area (Å²) in [6, 6.07) is 7.49. The molecule has 0 N–H and O–H groups in total. The van der Waals surface area contributed by atoms with Crippen LogP contribution >= 0.6 is 0 Å². The van der Waals surface area contributed by atoms with Gasteiger partial charge in [0.1, 0.15) is 6.33 Å². The Morgan fingerprint density at radius 2 is 1.82 bits per heavy atom. The molecule has 2 atom stereocenters. The van der Waals surface area contributed by atoms with Crippen molar-refractivity contribution in [3.8, 4) is 5.69 Å². The van der Waals surface area contributed by atoms with E-state index in [4.69, 9.17) is 0 Å². The summed E-state index contributed by atoms with van der Waals surface area (Å²) in [6.07, 6.45) is 8.17. The third kappa shape index (κ3) is 2.20. The molecule has 4 rings (SSSR count). The maximum absolute atomic E-state index is 12.9. The van der Waals surface area contributed by atoms with E-state index < -0.39 is 0 Å². The Kier molecular flexibility index (Phi) is 3.21. The first-order valence-corrected chi connectivity index (χ1v) is 7.59. The van der Waals surface area contributed by atoms with Gasteiger partial charge < -0.3 is 4.90 Å². The summed E-state index contributed by atoms with van der Waals surface area (Å²) in [5, 5.41) is 11.2. The van der Waals surface area contributed by atoms with Crippen molar-refractivity contribution in [3.05, 3.63) is 48.3 Å². The minimum atomic E-state index is 0.0699. The summed E-state index contributed by atoms with van der Waals surface area (Å²) in [4.78, 5) is 14.9. The molecule has 0 saturated carbocycles. The second-order valence-corrected chi connectivity index (χ2v) is 5.94. The predicted octanol–water partition coefficient (Wildman–Crippen LogP) is 1.70. The number of hydrogen-bond acceptors (Lipinski definition) is 4. The second kappa shape index (κ2) is 5.36. The molecule has 6 nitrogen and oxygen atoms in total. The van der Waals surface area contributed by atoms with Crippen LogP contribution in [0.2, 0.25) is 0 Å². The normalized spacial score (nSPS) is 23.5. The maximum atomic E-state index is 12.9. The lowest BCUT2D eigenvalue weighted by molar-refractivity contribution is 0.0784. The SMILES string of the molecule is O=C(c1ccccc1-n1cnnn1)N1C[C@H]2CC=CC[C@@H]2C1. The van der Waals surface area contributed by atoms with Crippen LogP contribution in [0.15, 0.2) is 42.7 Å². The molecule has 1 aliphatic heterocycles. The van der Waals surface area contributed by atoms with Crippen molar-refractivity contribution in [2.24, 2.45) is 11.8 Å². The highest BCUT2D eigenvalue weighted by Crippen LogP contribution is 2.33. The van der Waals surface area contributed by atoms with Crippen molar-refractivity contribution in [2.45, 2.75) is 12.8 Å². The van der Waals surface area contributed by atoms with Crippen molar-refractivity contribution in [3.63, 3.8) is 0 Å². The molecule has 0 unspecified atom stereocenters. The lowest BCUT2D eigenvalue weighted by Gasteiger charge is -2.18. The van der Waals surface area contributed by atoms with Crippen LogP contribution in [0, 0.1) is 11.8 Å². The summed E-state index contributed by atoms with van der Waals surface area (Å²) in [5.74, 6) is 1.28. The highest BCUT2D eigenvalue weighted by Gasteiger charge is 2.35. The molecule has 0 bridgehead atoms. The van der Waals surface area contributed by atoms with E-state index in [0.717, 1.165) is 31.6 Å². The number of tetrazole rings is 1. The van der Waals surface area contributed by atoms with E-state index in [1.54, 1.807) is 0 Å². The first-order chi connectivity index (χ1) is 10.8. The molecule has 1 aromatic carbocycles. The highest BCUT2D eigenvalue weighted by molar-refractivity contribution is 5.97. The number of benzene rings is 1. The second-order valence-electron chi connectivity index (χ2n) is 5.94. The van der Waals surface area contributed by atoms with Gasteiger partial charge in [-0.15, -0.1) is 5.10 Å². The molecule has 1 aromatic heterocycles. The number of amides is 1. The van der Waals surface area contributed by atoms with Crippen LogP contribution in [-0.2, 0) is 0 Å². The van der Waals surface area contributed by atoms with Crippen molar-refractivity contribution < 1.29 is 4.79 Å². The van der Waals surface area contributed by atoms with Gasteiger partial charge in [-0.05, 0) is 47.2 Å². The number of likely N-dealkylation sites (tertiary alicyclic amines) is 1. The Bertz CT molecular complexity index is 693. The molecule has 2 aromatic rings. The molecule has 22 heavy (non-hydrogen) atoms. The zero-order valence-corrected chi connectivity index (χ0v) is 12.2. The maximum Gasteiger partial charge on any atom is 0.256 e. The summed E-state index contributed by atoms with van der Waals surface area (Å²) < 4.78 is 1.54. The van der Waals surface area contributed by atoms with Gasteiger partial charge in [-0.1, -0.05) is 24.3 Å². The van der Waals surface area contributed by atoms with Gasteiger partial charge in [0.15, 0.2) is 0 Å². The van der Waals surface area contributed by atoms with Crippen LogP contribution in [0.3, 0.4) is 0 Å². The number of allylic oxidation sites excluding steroid dienone is 2. The minimum Gasteiger partial charge on any atom is -0.338 e. The van der Waals surface area contributed by atoms with Gasteiger partial charge >= 0.3 is 0 Å². The molecule has 2 aliphatic rings. The van der Waals surface area contributed by atoms with Gasteiger partial charge in [0.25, 0.3) is 5.91 Å².